The van der Waals surface area contributed by atoms with Crippen LogP contribution in [0.25, 0.3) is 0 Å². The van der Waals surface area contributed by atoms with Crippen LogP contribution in [0.5, 0.6) is 5.75 Å². The van der Waals surface area contributed by atoms with Gasteiger partial charge in [0.1, 0.15) is 11.9 Å². The Kier molecular flexibility index (Phi) is 4.34. The molecule has 3 N–H and O–H groups in total. The number of hydrogen-bond donors (Lipinski definition) is 2. The zero-order valence-corrected chi connectivity index (χ0v) is 10.1. The Bertz CT molecular complexity index is 485. The largest absolute Gasteiger partial charge is 0.484 e. The third-order valence-electron chi connectivity index (χ3n) is 2.80. The van der Waals surface area contributed by atoms with Crippen molar-refractivity contribution in [2.24, 2.45) is 5.73 Å². The van der Waals surface area contributed by atoms with Gasteiger partial charge in [-0.05, 0) is 11.6 Å². The van der Waals surface area contributed by atoms with E-state index in [4.69, 9.17) is 10.5 Å². The number of ether oxygens (including phenoxy) is 1. The van der Waals surface area contributed by atoms with Crippen LogP contribution in [-0.4, -0.2) is 11.7 Å². The number of para-hydroxylation sites is 1. The average molecular weight is 243 g/mol. The van der Waals surface area contributed by atoms with Crippen LogP contribution in [0.4, 0.5) is 0 Å². The number of nitrogens with two attached hydrogens (primary N) is 1. The summed E-state index contributed by atoms with van der Waals surface area (Å²) in [5.41, 5.74) is 7.56. The highest BCUT2D eigenvalue weighted by atomic mass is 16.5. The summed E-state index contributed by atoms with van der Waals surface area (Å²) < 4.78 is 5.89. The summed E-state index contributed by atoms with van der Waals surface area (Å²) in [5, 5.41) is 9.26. The van der Waals surface area contributed by atoms with E-state index in [1.54, 1.807) is 0 Å². The molecule has 3 heteroatoms. The molecule has 0 heterocycles. The van der Waals surface area contributed by atoms with E-state index in [0.29, 0.717) is 12.3 Å². The van der Waals surface area contributed by atoms with Gasteiger partial charge in [0.25, 0.3) is 0 Å². The van der Waals surface area contributed by atoms with Crippen LogP contribution in [0.2, 0.25) is 0 Å². The Morgan fingerprint density at radius 1 is 1.00 bits per heavy atom. The van der Waals surface area contributed by atoms with E-state index < -0.39 is 0 Å². The predicted molar refractivity (Wildman–Crippen MR) is 71.2 cm³/mol. The van der Waals surface area contributed by atoms with Gasteiger partial charge in [-0.15, -0.1) is 0 Å². The van der Waals surface area contributed by atoms with Gasteiger partial charge in [-0.2, -0.15) is 0 Å². The Balaban J connectivity index is 2.21. The van der Waals surface area contributed by atoms with Gasteiger partial charge in [0.05, 0.1) is 6.61 Å². The Morgan fingerprint density at radius 2 is 1.67 bits per heavy atom. The number of aliphatic hydroxyl groups excluding tert-OH is 1. The van der Waals surface area contributed by atoms with Gasteiger partial charge in [-0.25, -0.2) is 0 Å². The first-order valence-corrected chi connectivity index (χ1v) is 5.95. The van der Waals surface area contributed by atoms with Gasteiger partial charge in [-0.1, -0.05) is 48.5 Å². The van der Waals surface area contributed by atoms with Crippen molar-refractivity contribution in [1.29, 1.82) is 0 Å². The van der Waals surface area contributed by atoms with Gasteiger partial charge in [0, 0.05) is 12.1 Å². The van der Waals surface area contributed by atoms with Crippen LogP contribution in [0, 0.1) is 0 Å². The number of hydrogen-bond acceptors (Lipinski definition) is 3. The number of rotatable bonds is 5. The van der Waals surface area contributed by atoms with Gasteiger partial charge >= 0.3 is 0 Å². The first-order valence-electron chi connectivity index (χ1n) is 5.95. The van der Waals surface area contributed by atoms with Gasteiger partial charge < -0.3 is 15.6 Å². The third-order valence-corrected chi connectivity index (χ3v) is 2.80. The van der Waals surface area contributed by atoms with E-state index in [1.165, 1.54) is 0 Å². The molecule has 0 saturated carbocycles. The zero-order chi connectivity index (χ0) is 12.8. The second kappa shape index (κ2) is 6.19. The summed E-state index contributed by atoms with van der Waals surface area (Å²) in [7, 11) is 0. The van der Waals surface area contributed by atoms with Crippen molar-refractivity contribution in [3.05, 3.63) is 65.7 Å². The van der Waals surface area contributed by atoms with Crippen molar-refractivity contribution in [2.75, 3.05) is 6.54 Å². The summed E-state index contributed by atoms with van der Waals surface area (Å²) in [6.45, 7) is 0.353. The van der Waals surface area contributed by atoms with Gasteiger partial charge in [0.15, 0.2) is 0 Å². The van der Waals surface area contributed by atoms with E-state index >= 15 is 0 Å². The summed E-state index contributed by atoms with van der Waals surface area (Å²) in [4.78, 5) is 0. The fourth-order valence-electron chi connectivity index (χ4n) is 1.82. The molecule has 0 aliphatic carbocycles. The van der Waals surface area contributed by atoms with Crippen molar-refractivity contribution >= 4 is 0 Å². The zero-order valence-electron chi connectivity index (χ0n) is 10.1. The van der Waals surface area contributed by atoms with Crippen LogP contribution in [0.3, 0.4) is 0 Å². The second-order valence-electron chi connectivity index (χ2n) is 4.02. The molecule has 0 amide bonds. The van der Waals surface area contributed by atoms with Crippen molar-refractivity contribution in [3.8, 4) is 5.75 Å². The fourth-order valence-corrected chi connectivity index (χ4v) is 1.82. The van der Waals surface area contributed by atoms with E-state index in [2.05, 4.69) is 0 Å². The standard InChI is InChI=1S/C15H17NO2/c16-10-15(12-6-2-1-3-7-12)18-14-9-5-4-8-13(14)11-17/h1-9,15,17H,10-11,16H2. The first kappa shape index (κ1) is 12.6. The van der Waals surface area contributed by atoms with E-state index in [0.717, 1.165) is 11.1 Å². The van der Waals surface area contributed by atoms with E-state index in [9.17, 15) is 5.11 Å². The smallest absolute Gasteiger partial charge is 0.136 e. The van der Waals surface area contributed by atoms with Crippen LogP contribution in [-0.2, 0) is 6.61 Å². The molecule has 0 bridgehead atoms. The molecular weight excluding hydrogens is 226 g/mol. The lowest BCUT2D eigenvalue weighted by Gasteiger charge is -2.19. The lowest BCUT2D eigenvalue weighted by molar-refractivity contribution is 0.203. The molecule has 2 rings (SSSR count). The van der Waals surface area contributed by atoms with Gasteiger partial charge in [-0.3, -0.25) is 0 Å². The Labute approximate surface area is 107 Å². The lowest BCUT2D eigenvalue weighted by Crippen LogP contribution is -2.18. The molecule has 0 saturated heterocycles. The molecule has 0 aliphatic heterocycles. The van der Waals surface area contributed by atoms with Gasteiger partial charge in [0.2, 0.25) is 0 Å². The molecular formula is C15H17NO2. The molecule has 18 heavy (non-hydrogen) atoms. The maximum absolute atomic E-state index is 9.26. The highest BCUT2D eigenvalue weighted by molar-refractivity contribution is 5.33. The molecule has 0 aromatic heterocycles. The Morgan fingerprint density at radius 3 is 2.33 bits per heavy atom. The minimum absolute atomic E-state index is 0.0394. The van der Waals surface area contributed by atoms with Crippen molar-refractivity contribution < 1.29 is 9.84 Å². The van der Waals surface area contributed by atoms with Crippen molar-refractivity contribution in [3.63, 3.8) is 0 Å². The minimum atomic E-state index is -0.195. The summed E-state index contributed by atoms with van der Waals surface area (Å²) >= 11 is 0. The lowest BCUT2D eigenvalue weighted by atomic mass is 10.1. The molecule has 2 aromatic carbocycles. The fraction of sp³-hybridized carbons (Fsp3) is 0.200. The van der Waals surface area contributed by atoms with Crippen molar-refractivity contribution in [1.82, 2.24) is 0 Å². The quantitative estimate of drug-likeness (QED) is 0.847. The molecule has 0 spiro atoms. The molecule has 0 radical (unpaired) electrons. The van der Waals surface area contributed by atoms with Crippen LogP contribution in [0.15, 0.2) is 54.6 Å². The topological polar surface area (TPSA) is 55.5 Å². The minimum Gasteiger partial charge on any atom is -0.484 e. The number of aliphatic hydroxyl groups is 1. The SMILES string of the molecule is NCC(Oc1ccccc1CO)c1ccccc1. The highest BCUT2D eigenvalue weighted by Crippen LogP contribution is 2.24. The molecule has 0 fully saturated rings. The molecule has 0 aliphatic rings. The number of benzene rings is 2. The average Bonchev–Trinajstić information content (AvgIpc) is 2.46. The molecule has 2 aromatic rings. The molecule has 1 unspecified atom stereocenters. The van der Waals surface area contributed by atoms with E-state index in [1.807, 2.05) is 54.6 Å². The molecule has 94 valence electrons. The summed E-state index contributed by atoms with van der Waals surface area (Å²) in [6.07, 6.45) is -0.195. The maximum Gasteiger partial charge on any atom is 0.136 e. The Hall–Kier alpha value is -1.84. The predicted octanol–water partition coefficient (Wildman–Crippen LogP) is 2.26. The first-order chi connectivity index (χ1) is 8.85. The normalized spacial score (nSPS) is 12.1. The second-order valence-corrected chi connectivity index (χ2v) is 4.02. The maximum atomic E-state index is 9.26. The monoisotopic (exact) mass is 243 g/mol. The van der Waals surface area contributed by atoms with Crippen molar-refractivity contribution in [2.45, 2.75) is 12.7 Å². The summed E-state index contributed by atoms with van der Waals surface area (Å²) in [6, 6.07) is 17.3. The van der Waals surface area contributed by atoms with Crippen LogP contribution < -0.4 is 10.5 Å². The van der Waals surface area contributed by atoms with Crippen LogP contribution >= 0.6 is 0 Å². The van der Waals surface area contributed by atoms with E-state index in [-0.39, 0.29) is 12.7 Å². The van der Waals surface area contributed by atoms with Crippen LogP contribution in [0.1, 0.15) is 17.2 Å². The molecule has 1 atom stereocenters. The molecule has 3 nitrogen and oxygen atoms in total. The third kappa shape index (κ3) is 2.88. The highest BCUT2D eigenvalue weighted by Gasteiger charge is 2.12. The summed E-state index contributed by atoms with van der Waals surface area (Å²) in [5.74, 6) is 0.680.